The van der Waals surface area contributed by atoms with Crippen LogP contribution in [0, 0.1) is 0 Å². The van der Waals surface area contributed by atoms with Gasteiger partial charge in [0, 0.05) is 25.3 Å². The second-order valence-corrected chi connectivity index (χ2v) is 3.27. The number of nitrogens with zero attached hydrogens (tertiary/aromatic N) is 1. The molecule has 0 aromatic heterocycles. The fourth-order valence-electron chi connectivity index (χ4n) is 1.26. The Labute approximate surface area is 81.8 Å². The summed E-state index contributed by atoms with van der Waals surface area (Å²) in [7, 11) is 3.37. The van der Waals surface area contributed by atoms with E-state index in [0.29, 0.717) is 5.69 Å². The monoisotopic (exact) mass is 201 g/mol. The quantitative estimate of drug-likeness (QED) is 0.806. The molecule has 0 bridgehead atoms. The van der Waals surface area contributed by atoms with E-state index in [0.717, 1.165) is 0 Å². The van der Waals surface area contributed by atoms with E-state index in [9.17, 15) is 8.78 Å². The summed E-state index contributed by atoms with van der Waals surface area (Å²) in [6.45, 7) is -1.17. The minimum atomic E-state index is -3.18. The highest BCUT2D eigenvalue weighted by molar-refractivity contribution is 5.54. The lowest BCUT2D eigenvalue weighted by molar-refractivity contribution is -0.0551. The van der Waals surface area contributed by atoms with E-state index in [2.05, 4.69) is 0 Å². The molecule has 0 spiro atoms. The van der Waals surface area contributed by atoms with Crippen molar-refractivity contribution in [1.82, 2.24) is 0 Å². The first-order valence-electron chi connectivity index (χ1n) is 4.24. The molecule has 4 heteroatoms. The van der Waals surface area contributed by atoms with E-state index in [4.69, 9.17) is 5.11 Å². The molecule has 0 fully saturated rings. The van der Waals surface area contributed by atoms with Crippen molar-refractivity contribution in [3.63, 3.8) is 0 Å². The molecule has 0 radical (unpaired) electrons. The van der Waals surface area contributed by atoms with Crippen molar-refractivity contribution in [3.8, 4) is 0 Å². The molecule has 0 amide bonds. The first-order valence-corrected chi connectivity index (χ1v) is 4.24. The van der Waals surface area contributed by atoms with E-state index in [1.54, 1.807) is 31.1 Å². The third-order valence-electron chi connectivity index (χ3n) is 1.98. The van der Waals surface area contributed by atoms with Crippen LogP contribution in [-0.4, -0.2) is 25.8 Å². The van der Waals surface area contributed by atoms with Crippen LogP contribution in [0.3, 0.4) is 0 Å². The summed E-state index contributed by atoms with van der Waals surface area (Å²) < 4.78 is 26.5. The number of hydrogen-bond acceptors (Lipinski definition) is 2. The first kappa shape index (κ1) is 10.9. The number of para-hydroxylation sites is 1. The van der Waals surface area contributed by atoms with Gasteiger partial charge in [-0.1, -0.05) is 18.2 Å². The summed E-state index contributed by atoms with van der Waals surface area (Å²) in [5.74, 6) is -3.18. The Balaban J connectivity index is 3.20. The Morgan fingerprint density at radius 1 is 1.29 bits per heavy atom. The first-order chi connectivity index (χ1) is 6.49. The molecular formula is C10H13F2NO. The second kappa shape index (κ2) is 3.92. The molecule has 0 unspecified atom stereocenters. The van der Waals surface area contributed by atoms with Crippen LogP contribution in [0.25, 0.3) is 0 Å². The van der Waals surface area contributed by atoms with Crippen molar-refractivity contribution in [2.24, 2.45) is 0 Å². The van der Waals surface area contributed by atoms with Gasteiger partial charge in [0.25, 0.3) is 5.92 Å². The van der Waals surface area contributed by atoms with E-state index >= 15 is 0 Å². The lowest BCUT2D eigenvalue weighted by Gasteiger charge is -2.22. The number of hydrogen-bond donors (Lipinski definition) is 1. The normalized spacial score (nSPS) is 11.5. The van der Waals surface area contributed by atoms with Gasteiger partial charge < -0.3 is 10.0 Å². The molecule has 1 aromatic rings. The van der Waals surface area contributed by atoms with Gasteiger partial charge in [-0.2, -0.15) is 8.78 Å². The molecule has 0 heterocycles. The van der Waals surface area contributed by atoms with Gasteiger partial charge in [0.1, 0.15) is 6.61 Å². The maximum absolute atomic E-state index is 13.2. The highest BCUT2D eigenvalue weighted by Crippen LogP contribution is 2.33. The molecule has 1 N–H and O–H groups in total. The van der Waals surface area contributed by atoms with Crippen molar-refractivity contribution in [1.29, 1.82) is 0 Å². The zero-order valence-corrected chi connectivity index (χ0v) is 8.17. The van der Waals surface area contributed by atoms with Gasteiger partial charge in [0.15, 0.2) is 0 Å². The highest BCUT2D eigenvalue weighted by atomic mass is 19.3. The van der Waals surface area contributed by atoms with Gasteiger partial charge in [0.05, 0.1) is 0 Å². The predicted molar refractivity (Wildman–Crippen MR) is 51.7 cm³/mol. The summed E-state index contributed by atoms with van der Waals surface area (Å²) in [4.78, 5) is 1.60. The lowest BCUT2D eigenvalue weighted by atomic mass is 10.1. The summed E-state index contributed by atoms with van der Waals surface area (Å²) in [6.07, 6.45) is 0. The molecule has 78 valence electrons. The molecule has 0 atom stereocenters. The van der Waals surface area contributed by atoms with E-state index < -0.39 is 12.5 Å². The molecule has 1 rings (SSSR count). The molecule has 0 aliphatic carbocycles. The molecule has 0 saturated carbocycles. The standard InChI is InChI=1S/C10H13F2NO/c1-13(2)9-6-4-3-5-8(9)10(11,12)7-14/h3-6,14H,7H2,1-2H3. The summed E-state index contributed by atoms with van der Waals surface area (Å²) >= 11 is 0. The summed E-state index contributed by atoms with van der Waals surface area (Å²) in [6, 6.07) is 6.14. The highest BCUT2D eigenvalue weighted by Gasteiger charge is 2.33. The third kappa shape index (κ3) is 2.01. The number of alkyl halides is 2. The minimum Gasteiger partial charge on any atom is -0.390 e. The van der Waals surface area contributed by atoms with Crippen LogP contribution in [0.15, 0.2) is 24.3 Å². The molecular weight excluding hydrogens is 188 g/mol. The SMILES string of the molecule is CN(C)c1ccccc1C(F)(F)CO. The minimum absolute atomic E-state index is 0.146. The number of halogens is 2. The number of rotatable bonds is 3. The Kier molecular flexibility index (Phi) is 3.06. The topological polar surface area (TPSA) is 23.5 Å². The Morgan fingerprint density at radius 3 is 2.36 bits per heavy atom. The molecule has 0 saturated heterocycles. The zero-order chi connectivity index (χ0) is 10.8. The zero-order valence-electron chi connectivity index (χ0n) is 8.17. The van der Waals surface area contributed by atoms with E-state index in [1.807, 2.05) is 0 Å². The van der Waals surface area contributed by atoms with Crippen LogP contribution in [0.4, 0.5) is 14.5 Å². The Hall–Kier alpha value is -1.16. The van der Waals surface area contributed by atoms with E-state index in [-0.39, 0.29) is 5.56 Å². The van der Waals surface area contributed by atoms with Crippen LogP contribution < -0.4 is 4.90 Å². The van der Waals surface area contributed by atoms with Crippen LogP contribution in [0.2, 0.25) is 0 Å². The second-order valence-electron chi connectivity index (χ2n) is 3.27. The smallest absolute Gasteiger partial charge is 0.297 e. The Morgan fingerprint density at radius 2 is 1.86 bits per heavy atom. The van der Waals surface area contributed by atoms with Crippen molar-refractivity contribution in [2.45, 2.75) is 5.92 Å². The van der Waals surface area contributed by atoms with Gasteiger partial charge >= 0.3 is 0 Å². The third-order valence-corrected chi connectivity index (χ3v) is 1.98. The van der Waals surface area contributed by atoms with Crippen LogP contribution >= 0.6 is 0 Å². The number of benzene rings is 1. The number of aliphatic hydroxyl groups excluding tert-OH is 1. The van der Waals surface area contributed by atoms with Crippen molar-refractivity contribution < 1.29 is 13.9 Å². The fraction of sp³-hybridized carbons (Fsp3) is 0.400. The van der Waals surface area contributed by atoms with Crippen LogP contribution in [0.5, 0.6) is 0 Å². The lowest BCUT2D eigenvalue weighted by Crippen LogP contribution is -2.22. The Bertz CT molecular complexity index is 313. The summed E-state index contributed by atoms with van der Waals surface area (Å²) in [5, 5.41) is 8.59. The van der Waals surface area contributed by atoms with Gasteiger partial charge in [-0.25, -0.2) is 0 Å². The van der Waals surface area contributed by atoms with Gasteiger partial charge in [-0.05, 0) is 6.07 Å². The summed E-state index contributed by atoms with van der Waals surface area (Å²) in [5.41, 5.74) is 0.277. The molecule has 1 aromatic carbocycles. The maximum Gasteiger partial charge on any atom is 0.297 e. The van der Waals surface area contributed by atoms with Crippen molar-refractivity contribution >= 4 is 5.69 Å². The number of aliphatic hydroxyl groups is 1. The van der Waals surface area contributed by atoms with Gasteiger partial charge in [0.2, 0.25) is 0 Å². The average molecular weight is 201 g/mol. The molecule has 2 nitrogen and oxygen atoms in total. The molecule has 0 aliphatic rings. The van der Waals surface area contributed by atoms with Crippen LogP contribution in [-0.2, 0) is 5.92 Å². The van der Waals surface area contributed by atoms with Gasteiger partial charge in [-0.15, -0.1) is 0 Å². The number of anilines is 1. The van der Waals surface area contributed by atoms with Gasteiger partial charge in [-0.3, -0.25) is 0 Å². The maximum atomic E-state index is 13.2. The van der Waals surface area contributed by atoms with Crippen molar-refractivity contribution in [2.75, 3.05) is 25.6 Å². The fourth-order valence-corrected chi connectivity index (χ4v) is 1.26. The average Bonchev–Trinajstić information content (AvgIpc) is 2.18. The molecule has 14 heavy (non-hydrogen) atoms. The van der Waals surface area contributed by atoms with Crippen LogP contribution in [0.1, 0.15) is 5.56 Å². The molecule has 0 aliphatic heterocycles. The predicted octanol–water partition coefficient (Wildman–Crippen LogP) is 1.84. The van der Waals surface area contributed by atoms with Crippen molar-refractivity contribution in [3.05, 3.63) is 29.8 Å². The largest absolute Gasteiger partial charge is 0.390 e. The van der Waals surface area contributed by atoms with E-state index in [1.165, 1.54) is 12.1 Å².